The average molecular weight is 255 g/mol. The highest BCUT2D eigenvalue weighted by molar-refractivity contribution is 6.30. The normalized spacial score (nSPS) is 14.1. The molecule has 1 unspecified atom stereocenters. The van der Waals surface area contributed by atoms with E-state index in [1.54, 1.807) is 0 Å². The smallest absolute Gasteiger partial charge is 0.237 e. The number of hydrogen-bond donors (Lipinski definition) is 2. The Morgan fingerprint density at radius 1 is 1.29 bits per heavy atom. The van der Waals surface area contributed by atoms with Crippen molar-refractivity contribution in [1.82, 2.24) is 5.32 Å². The van der Waals surface area contributed by atoms with E-state index in [1.165, 1.54) is 0 Å². The molecule has 0 bridgehead atoms. The summed E-state index contributed by atoms with van der Waals surface area (Å²) < 4.78 is 0. The number of amides is 1. The van der Waals surface area contributed by atoms with Crippen LogP contribution in [0.25, 0.3) is 0 Å². The summed E-state index contributed by atoms with van der Waals surface area (Å²) in [7, 11) is 0. The molecular formula is C13H19ClN2O. The van der Waals surface area contributed by atoms with E-state index in [1.807, 2.05) is 38.1 Å². The van der Waals surface area contributed by atoms with Crippen LogP contribution in [0.2, 0.25) is 5.02 Å². The molecule has 0 saturated heterocycles. The number of hydrogen-bond acceptors (Lipinski definition) is 2. The van der Waals surface area contributed by atoms with Gasteiger partial charge < -0.3 is 11.1 Å². The van der Waals surface area contributed by atoms with Crippen molar-refractivity contribution in [3.8, 4) is 0 Å². The first-order valence-corrected chi connectivity index (χ1v) is 6.27. The van der Waals surface area contributed by atoms with Crippen LogP contribution < -0.4 is 11.1 Å². The quantitative estimate of drug-likeness (QED) is 0.849. The monoisotopic (exact) mass is 254 g/mol. The first-order valence-electron chi connectivity index (χ1n) is 5.89. The molecule has 0 aliphatic heterocycles. The summed E-state index contributed by atoms with van der Waals surface area (Å²) in [6.45, 7) is 3.92. The van der Waals surface area contributed by atoms with Gasteiger partial charge in [-0.1, -0.05) is 37.6 Å². The van der Waals surface area contributed by atoms with Crippen LogP contribution >= 0.6 is 11.6 Å². The van der Waals surface area contributed by atoms with Gasteiger partial charge in [-0.3, -0.25) is 4.79 Å². The van der Waals surface area contributed by atoms with Crippen LogP contribution in [0, 0.1) is 0 Å². The number of carbonyl (C=O) groups is 1. The van der Waals surface area contributed by atoms with E-state index in [0.717, 1.165) is 12.0 Å². The van der Waals surface area contributed by atoms with Crippen molar-refractivity contribution in [3.63, 3.8) is 0 Å². The Balaban J connectivity index is 2.72. The maximum atomic E-state index is 11.7. The average Bonchev–Trinajstić information content (AvgIpc) is 2.35. The van der Waals surface area contributed by atoms with E-state index in [-0.39, 0.29) is 11.9 Å². The van der Waals surface area contributed by atoms with Gasteiger partial charge in [0.25, 0.3) is 0 Å². The van der Waals surface area contributed by atoms with Crippen molar-refractivity contribution in [2.24, 2.45) is 5.73 Å². The second kappa shape index (κ2) is 6.62. The van der Waals surface area contributed by atoms with Crippen molar-refractivity contribution in [3.05, 3.63) is 34.9 Å². The standard InChI is InChI=1S/C13H19ClN2O/c1-3-11(15)13(17)16-12(4-2)9-5-7-10(14)8-6-9/h5-8,11-12H,3-4,15H2,1-2H3,(H,16,17)/t11-,12?/m0/s1. The van der Waals surface area contributed by atoms with E-state index in [4.69, 9.17) is 17.3 Å². The fourth-order valence-electron chi connectivity index (χ4n) is 1.58. The molecular weight excluding hydrogens is 236 g/mol. The van der Waals surface area contributed by atoms with Crippen LogP contribution in [0.3, 0.4) is 0 Å². The number of benzene rings is 1. The Morgan fingerprint density at radius 3 is 2.35 bits per heavy atom. The minimum atomic E-state index is -0.434. The first-order chi connectivity index (χ1) is 8.08. The van der Waals surface area contributed by atoms with Gasteiger partial charge in [-0.25, -0.2) is 0 Å². The zero-order valence-corrected chi connectivity index (χ0v) is 11.0. The number of halogens is 1. The van der Waals surface area contributed by atoms with Crippen LogP contribution in [0.1, 0.15) is 38.3 Å². The van der Waals surface area contributed by atoms with Crippen molar-refractivity contribution in [1.29, 1.82) is 0 Å². The van der Waals surface area contributed by atoms with Crippen LogP contribution in [0.5, 0.6) is 0 Å². The minimum Gasteiger partial charge on any atom is -0.348 e. The van der Waals surface area contributed by atoms with Crippen molar-refractivity contribution in [2.45, 2.75) is 38.8 Å². The van der Waals surface area contributed by atoms with E-state index in [2.05, 4.69) is 5.32 Å². The van der Waals surface area contributed by atoms with Crippen molar-refractivity contribution >= 4 is 17.5 Å². The molecule has 0 aliphatic carbocycles. The highest BCUT2D eigenvalue weighted by Crippen LogP contribution is 2.19. The topological polar surface area (TPSA) is 55.1 Å². The second-order valence-corrected chi connectivity index (χ2v) is 4.47. The molecule has 0 heterocycles. The lowest BCUT2D eigenvalue weighted by atomic mass is 10.0. The predicted molar refractivity (Wildman–Crippen MR) is 70.9 cm³/mol. The molecule has 17 heavy (non-hydrogen) atoms. The molecule has 0 radical (unpaired) electrons. The fourth-order valence-corrected chi connectivity index (χ4v) is 1.71. The summed E-state index contributed by atoms with van der Waals surface area (Å²) >= 11 is 5.83. The summed E-state index contributed by atoms with van der Waals surface area (Å²) in [4.78, 5) is 11.7. The maximum Gasteiger partial charge on any atom is 0.237 e. The molecule has 3 N–H and O–H groups in total. The Hall–Kier alpha value is -1.06. The molecule has 0 spiro atoms. The maximum absolute atomic E-state index is 11.7. The largest absolute Gasteiger partial charge is 0.348 e. The molecule has 4 heteroatoms. The Morgan fingerprint density at radius 2 is 1.88 bits per heavy atom. The lowest BCUT2D eigenvalue weighted by molar-refractivity contribution is -0.123. The summed E-state index contributed by atoms with van der Waals surface area (Å²) in [6, 6.07) is 7.06. The molecule has 0 saturated carbocycles. The summed E-state index contributed by atoms with van der Waals surface area (Å²) in [6.07, 6.45) is 1.46. The van der Waals surface area contributed by atoms with Gasteiger partial charge in [0, 0.05) is 5.02 Å². The Labute approximate surface area is 107 Å². The third kappa shape index (κ3) is 4.02. The van der Waals surface area contributed by atoms with Gasteiger partial charge in [0.15, 0.2) is 0 Å². The number of nitrogens with one attached hydrogen (secondary N) is 1. The van der Waals surface area contributed by atoms with Gasteiger partial charge in [0.2, 0.25) is 5.91 Å². The molecule has 0 aliphatic rings. The van der Waals surface area contributed by atoms with Gasteiger partial charge in [-0.15, -0.1) is 0 Å². The zero-order chi connectivity index (χ0) is 12.8. The van der Waals surface area contributed by atoms with E-state index < -0.39 is 6.04 Å². The second-order valence-electron chi connectivity index (χ2n) is 4.04. The van der Waals surface area contributed by atoms with E-state index >= 15 is 0 Å². The first kappa shape index (κ1) is 14.0. The fraction of sp³-hybridized carbons (Fsp3) is 0.462. The van der Waals surface area contributed by atoms with Crippen LogP contribution in [0.4, 0.5) is 0 Å². The molecule has 0 fully saturated rings. The minimum absolute atomic E-state index is 0.00244. The lowest BCUT2D eigenvalue weighted by Crippen LogP contribution is -2.41. The number of nitrogens with two attached hydrogens (primary N) is 1. The van der Waals surface area contributed by atoms with Gasteiger partial charge in [-0.2, -0.15) is 0 Å². The van der Waals surface area contributed by atoms with Gasteiger partial charge >= 0.3 is 0 Å². The van der Waals surface area contributed by atoms with Crippen LogP contribution in [-0.4, -0.2) is 11.9 Å². The molecule has 1 aromatic rings. The van der Waals surface area contributed by atoms with Crippen molar-refractivity contribution in [2.75, 3.05) is 0 Å². The van der Waals surface area contributed by atoms with Crippen LogP contribution in [0.15, 0.2) is 24.3 Å². The van der Waals surface area contributed by atoms with Gasteiger partial charge in [0.1, 0.15) is 0 Å². The summed E-state index contributed by atoms with van der Waals surface area (Å²) in [5.74, 6) is -0.103. The summed E-state index contributed by atoms with van der Waals surface area (Å²) in [5.41, 5.74) is 6.74. The third-order valence-corrected chi connectivity index (χ3v) is 3.03. The Kier molecular flexibility index (Phi) is 5.45. The van der Waals surface area contributed by atoms with Gasteiger partial charge in [0.05, 0.1) is 12.1 Å². The molecule has 2 atom stereocenters. The molecule has 1 aromatic carbocycles. The number of rotatable bonds is 5. The third-order valence-electron chi connectivity index (χ3n) is 2.77. The van der Waals surface area contributed by atoms with E-state index in [0.29, 0.717) is 11.4 Å². The molecule has 1 rings (SSSR count). The molecule has 0 aromatic heterocycles. The van der Waals surface area contributed by atoms with E-state index in [9.17, 15) is 4.79 Å². The highest BCUT2D eigenvalue weighted by atomic mass is 35.5. The predicted octanol–water partition coefficient (Wildman–Crippen LogP) is 2.64. The number of carbonyl (C=O) groups excluding carboxylic acids is 1. The SMILES string of the molecule is CCC(NC(=O)[C@@H](N)CC)c1ccc(Cl)cc1. The zero-order valence-electron chi connectivity index (χ0n) is 10.2. The molecule has 1 amide bonds. The summed E-state index contributed by atoms with van der Waals surface area (Å²) in [5, 5.41) is 3.64. The van der Waals surface area contributed by atoms with Gasteiger partial charge in [-0.05, 0) is 30.5 Å². The molecule has 3 nitrogen and oxygen atoms in total. The lowest BCUT2D eigenvalue weighted by Gasteiger charge is -2.19. The van der Waals surface area contributed by atoms with Crippen molar-refractivity contribution < 1.29 is 4.79 Å². The molecule has 94 valence electrons. The van der Waals surface area contributed by atoms with Crippen LogP contribution in [-0.2, 0) is 4.79 Å². The Bertz CT molecular complexity index is 364. The highest BCUT2D eigenvalue weighted by Gasteiger charge is 2.16.